The summed E-state index contributed by atoms with van der Waals surface area (Å²) in [5.41, 5.74) is 2.05. The molecular formula is C13H19NO2. The second-order valence-electron chi connectivity index (χ2n) is 3.98. The summed E-state index contributed by atoms with van der Waals surface area (Å²) in [6.45, 7) is 6.43. The average molecular weight is 221 g/mol. The van der Waals surface area contributed by atoms with Crippen molar-refractivity contribution in [3.8, 4) is 0 Å². The van der Waals surface area contributed by atoms with E-state index in [4.69, 9.17) is 4.74 Å². The van der Waals surface area contributed by atoms with E-state index in [2.05, 4.69) is 19.2 Å². The molecule has 0 aliphatic heterocycles. The van der Waals surface area contributed by atoms with Crippen molar-refractivity contribution in [1.29, 1.82) is 0 Å². The molecule has 0 atom stereocenters. The van der Waals surface area contributed by atoms with E-state index in [9.17, 15) is 4.79 Å². The van der Waals surface area contributed by atoms with Crippen molar-refractivity contribution < 1.29 is 9.53 Å². The van der Waals surface area contributed by atoms with Crippen LogP contribution in [0.15, 0.2) is 24.3 Å². The third-order valence-electron chi connectivity index (χ3n) is 2.06. The molecule has 88 valence electrons. The number of hydrogen-bond acceptors (Lipinski definition) is 3. The molecule has 16 heavy (non-hydrogen) atoms. The molecule has 3 heteroatoms. The minimum atomic E-state index is -0.174. The van der Waals surface area contributed by atoms with E-state index in [-0.39, 0.29) is 5.97 Å². The first-order valence-electron chi connectivity index (χ1n) is 5.63. The van der Waals surface area contributed by atoms with Gasteiger partial charge in [-0.25, -0.2) is 0 Å². The molecule has 0 saturated heterocycles. The Morgan fingerprint density at radius 3 is 2.44 bits per heavy atom. The molecule has 0 aromatic heterocycles. The molecule has 1 aromatic rings. The van der Waals surface area contributed by atoms with Gasteiger partial charge in [-0.05, 0) is 38.5 Å². The minimum absolute atomic E-state index is 0.174. The number of carbonyl (C=O) groups is 1. The number of nitrogens with one attached hydrogen (secondary N) is 1. The molecule has 0 spiro atoms. The van der Waals surface area contributed by atoms with Gasteiger partial charge in [-0.15, -0.1) is 0 Å². The fourth-order valence-electron chi connectivity index (χ4n) is 1.43. The van der Waals surface area contributed by atoms with Gasteiger partial charge in [0.1, 0.15) is 0 Å². The SMILES string of the molecule is CCOC(=O)Cc1ccc(NC(C)C)cc1. The Bertz CT molecular complexity index is 330. The van der Waals surface area contributed by atoms with Crippen LogP contribution in [0.25, 0.3) is 0 Å². The topological polar surface area (TPSA) is 38.3 Å². The van der Waals surface area contributed by atoms with E-state index >= 15 is 0 Å². The van der Waals surface area contributed by atoms with Crippen LogP contribution < -0.4 is 5.32 Å². The first-order chi connectivity index (χ1) is 7.61. The van der Waals surface area contributed by atoms with Gasteiger partial charge in [0.2, 0.25) is 0 Å². The zero-order valence-electron chi connectivity index (χ0n) is 10.1. The Kier molecular flexibility index (Phi) is 4.83. The summed E-state index contributed by atoms with van der Waals surface area (Å²) in [6.07, 6.45) is 0.343. The van der Waals surface area contributed by atoms with Gasteiger partial charge < -0.3 is 10.1 Å². The predicted octanol–water partition coefficient (Wildman–Crippen LogP) is 2.61. The largest absolute Gasteiger partial charge is 0.466 e. The minimum Gasteiger partial charge on any atom is -0.466 e. The Balaban J connectivity index is 2.54. The summed E-state index contributed by atoms with van der Waals surface area (Å²) < 4.78 is 4.89. The highest BCUT2D eigenvalue weighted by Crippen LogP contribution is 2.11. The van der Waals surface area contributed by atoms with Crippen LogP contribution in [0.3, 0.4) is 0 Å². The molecule has 3 nitrogen and oxygen atoms in total. The van der Waals surface area contributed by atoms with E-state index < -0.39 is 0 Å². The summed E-state index contributed by atoms with van der Waals surface area (Å²) in [5, 5.41) is 3.29. The Morgan fingerprint density at radius 1 is 1.31 bits per heavy atom. The normalized spacial score (nSPS) is 10.2. The highest BCUT2D eigenvalue weighted by molar-refractivity contribution is 5.72. The van der Waals surface area contributed by atoms with Crippen LogP contribution in [0.2, 0.25) is 0 Å². The third-order valence-corrected chi connectivity index (χ3v) is 2.06. The Morgan fingerprint density at radius 2 is 1.94 bits per heavy atom. The number of anilines is 1. The number of carbonyl (C=O) groups excluding carboxylic acids is 1. The zero-order valence-corrected chi connectivity index (χ0v) is 10.1. The molecule has 0 heterocycles. The maximum Gasteiger partial charge on any atom is 0.310 e. The maximum absolute atomic E-state index is 11.2. The zero-order chi connectivity index (χ0) is 12.0. The van der Waals surface area contributed by atoms with Crippen molar-refractivity contribution in [2.45, 2.75) is 33.2 Å². The van der Waals surface area contributed by atoms with E-state index in [0.717, 1.165) is 11.3 Å². The number of rotatable bonds is 5. The molecule has 1 N–H and O–H groups in total. The molecule has 0 aliphatic carbocycles. The molecule has 1 aromatic carbocycles. The maximum atomic E-state index is 11.2. The quantitative estimate of drug-likeness (QED) is 0.777. The number of esters is 1. The first kappa shape index (κ1) is 12.6. The lowest BCUT2D eigenvalue weighted by molar-refractivity contribution is -0.142. The lowest BCUT2D eigenvalue weighted by Crippen LogP contribution is -2.10. The van der Waals surface area contributed by atoms with Gasteiger partial charge in [-0.3, -0.25) is 4.79 Å². The second-order valence-corrected chi connectivity index (χ2v) is 3.98. The van der Waals surface area contributed by atoms with E-state index in [1.165, 1.54) is 0 Å². The highest BCUT2D eigenvalue weighted by atomic mass is 16.5. The number of ether oxygens (including phenoxy) is 1. The van der Waals surface area contributed by atoms with Crippen LogP contribution in [0.5, 0.6) is 0 Å². The fraction of sp³-hybridized carbons (Fsp3) is 0.462. The summed E-state index contributed by atoms with van der Waals surface area (Å²) in [4.78, 5) is 11.2. The van der Waals surface area contributed by atoms with E-state index in [0.29, 0.717) is 19.1 Å². The van der Waals surface area contributed by atoms with Crippen LogP contribution in [-0.2, 0) is 16.0 Å². The Labute approximate surface area is 96.8 Å². The second kappa shape index (κ2) is 6.16. The van der Waals surface area contributed by atoms with E-state index in [1.807, 2.05) is 31.2 Å². The number of hydrogen-bond donors (Lipinski definition) is 1. The van der Waals surface area contributed by atoms with Gasteiger partial charge in [0.15, 0.2) is 0 Å². The highest BCUT2D eigenvalue weighted by Gasteiger charge is 2.03. The summed E-state index contributed by atoms with van der Waals surface area (Å²) >= 11 is 0. The smallest absolute Gasteiger partial charge is 0.310 e. The van der Waals surface area contributed by atoms with Gasteiger partial charge in [-0.1, -0.05) is 12.1 Å². The van der Waals surface area contributed by atoms with Crippen molar-refractivity contribution in [1.82, 2.24) is 0 Å². The van der Waals surface area contributed by atoms with Gasteiger partial charge in [0.25, 0.3) is 0 Å². The van der Waals surface area contributed by atoms with Gasteiger partial charge in [0, 0.05) is 11.7 Å². The molecule has 0 fully saturated rings. The van der Waals surface area contributed by atoms with Crippen LogP contribution in [0, 0.1) is 0 Å². The molecular weight excluding hydrogens is 202 g/mol. The first-order valence-corrected chi connectivity index (χ1v) is 5.63. The van der Waals surface area contributed by atoms with Gasteiger partial charge in [-0.2, -0.15) is 0 Å². The lowest BCUT2D eigenvalue weighted by Gasteiger charge is -2.10. The molecule has 0 unspecified atom stereocenters. The molecule has 0 bridgehead atoms. The van der Waals surface area contributed by atoms with Crippen LogP contribution in [0.1, 0.15) is 26.3 Å². The lowest BCUT2D eigenvalue weighted by atomic mass is 10.1. The van der Waals surface area contributed by atoms with Crippen LogP contribution in [-0.4, -0.2) is 18.6 Å². The van der Waals surface area contributed by atoms with Crippen molar-refractivity contribution in [3.63, 3.8) is 0 Å². The predicted molar refractivity (Wildman–Crippen MR) is 65.5 cm³/mol. The average Bonchev–Trinajstić information content (AvgIpc) is 2.20. The molecule has 0 radical (unpaired) electrons. The summed E-state index contributed by atoms with van der Waals surface area (Å²) in [5.74, 6) is -0.174. The summed E-state index contributed by atoms with van der Waals surface area (Å²) in [6, 6.07) is 8.27. The monoisotopic (exact) mass is 221 g/mol. The van der Waals surface area contributed by atoms with Gasteiger partial charge >= 0.3 is 5.97 Å². The van der Waals surface area contributed by atoms with Crippen molar-refractivity contribution in [2.24, 2.45) is 0 Å². The molecule has 0 aliphatic rings. The third kappa shape index (κ3) is 4.34. The van der Waals surface area contributed by atoms with Crippen molar-refractivity contribution in [2.75, 3.05) is 11.9 Å². The number of benzene rings is 1. The fourth-order valence-corrected chi connectivity index (χ4v) is 1.43. The van der Waals surface area contributed by atoms with Crippen molar-refractivity contribution in [3.05, 3.63) is 29.8 Å². The van der Waals surface area contributed by atoms with Crippen LogP contribution >= 0.6 is 0 Å². The van der Waals surface area contributed by atoms with Gasteiger partial charge in [0.05, 0.1) is 13.0 Å². The summed E-state index contributed by atoms with van der Waals surface area (Å²) in [7, 11) is 0. The Hall–Kier alpha value is -1.51. The van der Waals surface area contributed by atoms with Crippen LogP contribution in [0.4, 0.5) is 5.69 Å². The molecule has 1 rings (SSSR count). The molecule has 0 saturated carbocycles. The standard InChI is InChI=1S/C13H19NO2/c1-4-16-13(15)9-11-5-7-12(8-6-11)14-10(2)3/h5-8,10,14H,4,9H2,1-3H3. The van der Waals surface area contributed by atoms with Crippen molar-refractivity contribution >= 4 is 11.7 Å². The van der Waals surface area contributed by atoms with E-state index in [1.54, 1.807) is 0 Å². The molecule has 0 amide bonds.